The number of phosphoric acid groups is 1. The molecule has 3 unspecified atom stereocenters. The van der Waals surface area contributed by atoms with Crippen molar-refractivity contribution in [1.29, 1.82) is 0 Å². The summed E-state index contributed by atoms with van der Waals surface area (Å²) in [5.74, 6) is -0.197. The van der Waals surface area contributed by atoms with Crippen molar-refractivity contribution in [3.63, 3.8) is 0 Å². The summed E-state index contributed by atoms with van der Waals surface area (Å²) in [6, 6.07) is -0.904. The number of phosphoric ester groups is 1. The number of carbonyl (C=O) groups is 1. The Morgan fingerprint density at radius 1 is 0.370 bits per heavy atom. The van der Waals surface area contributed by atoms with Crippen LogP contribution in [-0.2, 0) is 18.4 Å². The third kappa shape index (κ3) is 76.1. The Kier molecular flexibility index (Phi) is 72.9. The molecule has 9 heteroatoms. The highest BCUT2D eigenvalue weighted by Gasteiger charge is 2.23. The van der Waals surface area contributed by atoms with E-state index in [1.807, 2.05) is 27.2 Å². The monoisotopic (exact) mass is 1320 g/mol. The highest BCUT2D eigenvalue weighted by molar-refractivity contribution is 7.45. The van der Waals surface area contributed by atoms with E-state index in [0.29, 0.717) is 17.4 Å². The predicted molar refractivity (Wildman–Crippen MR) is 404 cm³/mol. The number of quaternary nitrogens is 1. The second-order valence-corrected chi connectivity index (χ2v) is 31.2. The molecule has 0 aromatic heterocycles. The molecule has 1 amide bonds. The first kappa shape index (κ1) is 90.7. The number of aliphatic hydroxyl groups excluding tert-OH is 1. The lowest BCUT2D eigenvalue weighted by molar-refractivity contribution is -0.870. The second kappa shape index (κ2) is 74.0. The van der Waals surface area contributed by atoms with Gasteiger partial charge in [-0.25, -0.2) is 0 Å². The molecule has 546 valence electrons. The van der Waals surface area contributed by atoms with Gasteiger partial charge >= 0.3 is 0 Å². The van der Waals surface area contributed by atoms with Gasteiger partial charge in [0.15, 0.2) is 0 Å². The molecule has 0 radical (unpaired) electrons. The van der Waals surface area contributed by atoms with Crippen molar-refractivity contribution < 1.29 is 32.9 Å². The number of rotatable bonds is 78. The number of allylic oxidation sites excluding steroid dienone is 5. The van der Waals surface area contributed by atoms with Crippen LogP contribution in [0.5, 0.6) is 0 Å². The van der Waals surface area contributed by atoms with Crippen molar-refractivity contribution in [2.45, 2.75) is 450 Å². The van der Waals surface area contributed by atoms with Gasteiger partial charge in [0.05, 0.1) is 39.9 Å². The van der Waals surface area contributed by atoms with Gasteiger partial charge in [0.2, 0.25) is 5.91 Å². The number of hydrogen-bond acceptors (Lipinski definition) is 6. The zero-order valence-corrected chi connectivity index (χ0v) is 63.7. The minimum Gasteiger partial charge on any atom is -0.756 e. The summed E-state index contributed by atoms with van der Waals surface area (Å²) in [7, 11) is 1.27. The van der Waals surface area contributed by atoms with Crippen LogP contribution < -0.4 is 10.2 Å². The van der Waals surface area contributed by atoms with E-state index in [0.717, 1.165) is 38.5 Å². The number of nitrogens with zero attached hydrogens (tertiary/aromatic N) is 1. The third-order valence-electron chi connectivity index (χ3n) is 19.3. The van der Waals surface area contributed by atoms with Crippen molar-refractivity contribution in [3.05, 3.63) is 36.5 Å². The molecular weight excluding hydrogens is 1150 g/mol. The van der Waals surface area contributed by atoms with Gasteiger partial charge in [0, 0.05) is 6.42 Å². The Hall–Kier alpha value is -1.28. The van der Waals surface area contributed by atoms with Crippen LogP contribution in [0.25, 0.3) is 0 Å². The number of aliphatic hydroxyl groups is 1. The summed E-state index contributed by atoms with van der Waals surface area (Å²) in [5, 5.41) is 14.0. The molecule has 0 aromatic rings. The molecule has 0 heterocycles. The highest BCUT2D eigenvalue weighted by atomic mass is 31.2. The maximum atomic E-state index is 13.1. The van der Waals surface area contributed by atoms with E-state index >= 15 is 0 Å². The summed E-state index contributed by atoms with van der Waals surface area (Å²) in [5.41, 5.74) is 0. The fourth-order valence-electron chi connectivity index (χ4n) is 12.9. The molecule has 0 aliphatic carbocycles. The lowest BCUT2D eigenvalue weighted by atomic mass is 10.0. The van der Waals surface area contributed by atoms with Crippen molar-refractivity contribution >= 4 is 13.7 Å². The van der Waals surface area contributed by atoms with Crippen LogP contribution in [0.2, 0.25) is 0 Å². The lowest BCUT2D eigenvalue weighted by Crippen LogP contribution is -2.45. The number of nitrogens with one attached hydrogen (secondary N) is 1. The van der Waals surface area contributed by atoms with Gasteiger partial charge in [-0.05, 0) is 57.8 Å². The van der Waals surface area contributed by atoms with E-state index in [1.165, 1.54) is 379 Å². The topological polar surface area (TPSA) is 108 Å². The van der Waals surface area contributed by atoms with E-state index in [9.17, 15) is 19.4 Å². The molecular formula is C83H163N2O6P. The molecule has 0 saturated carbocycles. The normalized spacial score (nSPS) is 13.6. The van der Waals surface area contributed by atoms with Gasteiger partial charge in [0.1, 0.15) is 13.2 Å². The van der Waals surface area contributed by atoms with Crippen LogP contribution in [0, 0.1) is 0 Å². The van der Waals surface area contributed by atoms with Gasteiger partial charge in [-0.3, -0.25) is 9.36 Å². The SMILES string of the molecule is CCCCCCCCCC/C=C\CCCCCCCCCCCCCCCCCCCCCCCCCCCCCCCC(=O)NC(COP(=O)([O-])OCC[N+](C)(C)C)C(O)/C=C/CC/C=C/CCCCCCCCCCCCCCCCCCCCCCCCC. The Morgan fingerprint density at radius 2 is 0.609 bits per heavy atom. The Balaban J connectivity index is 3.92. The molecule has 2 N–H and O–H groups in total. The molecule has 8 nitrogen and oxygen atoms in total. The first-order chi connectivity index (χ1) is 45.0. The molecule has 0 spiro atoms. The predicted octanol–water partition coefficient (Wildman–Crippen LogP) is 26.5. The maximum absolute atomic E-state index is 13.1. The van der Waals surface area contributed by atoms with Gasteiger partial charge in [-0.1, -0.05) is 410 Å². The molecule has 92 heavy (non-hydrogen) atoms. The number of carbonyl (C=O) groups excluding carboxylic acids is 1. The van der Waals surface area contributed by atoms with Gasteiger partial charge in [-0.15, -0.1) is 0 Å². The van der Waals surface area contributed by atoms with Gasteiger partial charge < -0.3 is 28.8 Å². The Morgan fingerprint density at radius 3 is 0.880 bits per heavy atom. The number of amides is 1. The van der Waals surface area contributed by atoms with Crippen molar-refractivity contribution in [2.75, 3.05) is 40.9 Å². The Labute approximate surface area is 576 Å². The smallest absolute Gasteiger partial charge is 0.268 e. The molecule has 0 aromatic carbocycles. The maximum Gasteiger partial charge on any atom is 0.268 e. The zero-order chi connectivity index (χ0) is 66.9. The van der Waals surface area contributed by atoms with Crippen LogP contribution in [0.3, 0.4) is 0 Å². The van der Waals surface area contributed by atoms with Crippen molar-refractivity contribution in [3.8, 4) is 0 Å². The quantitative estimate of drug-likeness (QED) is 0.0272. The summed E-state index contributed by atoms with van der Waals surface area (Å²) in [4.78, 5) is 25.7. The Bertz CT molecular complexity index is 1600. The van der Waals surface area contributed by atoms with Crippen LogP contribution in [0.15, 0.2) is 36.5 Å². The highest BCUT2D eigenvalue weighted by Crippen LogP contribution is 2.38. The van der Waals surface area contributed by atoms with Crippen LogP contribution >= 0.6 is 7.82 Å². The van der Waals surface area contributed by atoms with Crippen molar-refractivity contribution in [1.82, 2.24) is 5.32 Å². The summed E-state index contributed by atoms with van der Waals surface area (Å²) >= 11 is 0. The molecule has 0 bridgehead atoms. The fourth-order valence-corrected chi connectivity index (χ4v) is 13.7. The van der Waals surface area contributed by atoms with E-state index < -0.39 is 20.0 Å². The first-order valence-electron chi connectivity index (χ1n) is 41.4. The van der Waals surface area contributed by atoms with E-state index in [1.54, 1.807) is 6.08 Å². The molecule has 0 saturated heterocycles. The number of likely N-dealkylation sites (N-methyl/N-ethyl adjacent to an activating group) is 1. The van der Waals surface area contributed by atoms with Crippen LogP contribution in [0.4, 0.5) is 0 Å². The van der Waals surface area contributed by atoms with Crippen LogP contribution in [0.1, 0.15) is 438 Å². The lowest BCUT2D eigenvalue weighted by Gasteiger charge is -2.29. The molecule has 3 atom stereocenters. The average Bonchev–Trinajstić information content (AvgIpc) is 2.63. The minimum atomic E-state index is -4.61. The first-order valence-corrected chi connectivity index (χ1v) is 42.8. The molecule has 0 rings (SSSR count). The summed E-state index contributed by atoms with van der Waals surface area (Å²) in [6.45, 7) is 4.70. The fraction of sp³-hybridized carbons (Fsp3) is 0.916. The summed E-state index contributed by atoms with van der Waals surface area (Å²) in [6.07, 6.45) is 101. The number of hydrogen-bond donors (Lipinski definition) is 2. The molecule has 0 aliphatic heterocycles. The zero-order valence-electron chi connectivity index (χ0n) is 62.8. The summed E-state index contributed by atoms with van der Waals surface area (Å²) < 4.78 is 23.5. The van der Waals surface area contributed by atoms with Gasteiger partial charge in [-0.2, -0.15) is 0 Å². The van der Waals surface area contributed by atoms with Crippen molar-refractivity contribution in [2.24, 2.45) is 0 Å². The third-order valence-corrected chi connectivity index (χ3v) is 20.3. The standard InChI is InChI=1S/C83H163N2O6P/c1-6-8-10-12-14-16-18-20-22-24-26-28-30-32-34-36-37-38-39-40-41-42-43-44-45-46-47-49-51-53-55-57-59-61-63-65-67-69-71-73-75-77-83(87)84-81(80-91-92(88,89)90-79-78-85(3,4)5)82(86)76-74-72-70-68-66-64-62-60-58-56-54-52-50-48-35-33-31-29-27-25-23-21-19-17-15-13-11-9-7-2/h24,26,66,68,74,76,81-82,86H,6-23,25,27-65,67,69-73,75,77-80H2,1-5H3,(H-,84,87,88,89)/b26-24-,68-66+,76-74+. The van der Waals surface area contributed by atoms with Gasteiger partial charge in [0.25, 0.3) is 7.82 Å². The largest absolute Gasteiger partial charge is 0.756 e. The van der Waals surface area contributed by atoms with Crippen LogP contribution in [-0.4, -0.2) is 68.5 Å². The van der Waals surface area contributed by atoms with E-state index in [-0.39, 0.29) is 19.1 Å². The second-order valence-electron chi connectivity index (χ2n) is 29.8. The van der Waals surface area contributed by atoms with E-state index in [4.69, 9.17) is 9.05 Å². The number of unbranched alkanes of at least 4 members (excludes halogenated alkanes) is 61. The molecule has 0 aliphatic rings. The average molecular weight is 1320 g/mol. The molecule has 0 fully saturated rings. The minimum absolute atomic E-state index is 0.00385. The van der Waals surface area contributed by atoms with E-state index in [2.05, 4.69) is 43.5 Å².